The first-order valence-electron chi connectivity index (χ1n) is 5.71. The molecule has 1 atom stereocenters. The summed E-state index contributed by atoms with van der Waals surface area (Å²) >= 11 is 11.5. The van der Waals surface area contributed by atoms with Crippen LogP contribution < -0.4 is 5.32 Å². The van der Waals surface area contributed by atoms with Gasteiger partial charge in [-0.1, -0.05) is 39.7 Å². The fraction of sp³-hybridized carbons (Fsp3) is 0.286. The molecule has 18 heavy (non-hydrogen) atoms. The number of hydrogen-bond donors (Lipinski definition) is 1. The van der Waals surface area contributed by atoms with Crippen molar-refractivity contribution in [2.45, 2.75) is 19.9 Å². The highest BCUT2D eigenvalue weighted by molar-refractivity contribution is 9.10. The SMILES string of the molecule is CNC(c1cc(C)c(Br)c(C)c1)c1sccc1Cl. The van der Waals surface area contributed by atoms with Gasteiger partial charge in [-0.15, -0.1) is 11.3 Å². The van der Waals surface area contributed by atoms with E-state index in [4.69, 9.17) is 11.6 Å². The lowest BCUT2D eigenvalue weighted by Crippen LogP contribution is -2.17. The third kappa shape index (κ3) is 2.64. The number of benzene rings is 1. The van der Waals surface area contributed by atoms with Gasteiger partial charge in [0.15, 0.2) is 0 Å². The average molecular weight is 345 g/mol. The third-order valence-electron chi connectivity index (χ3n) is 2.99. The van der Waals surface area contributed by atoms with Gasteiger partial charge in [0.05, 0.1) is 11.1 Å². The highest BCUT2D eigenvalue weighted by Gasteiger charge is 2.17. The zero-order valence-corrected chi connectivity index (χ0v) is 13.7. The van der Waals surface area contributed by atoms with Gasteiger partial charge in [-0.25, -0.2) is 0 Å². The Labute approximate surface area is 125 Å². The van der Waals surface area contributed by atoms with Crippen molar-refractivity contribution in [3.05, 3.63) is 54.6 Å². The molecule has 0 fully saturated rings. The maximum Gasteiger partial charge on any atom is 0.0683 e. The molecule has 4 heteroatoms. The van der Waals surface area contributed by atoms with E-state index in [2.05, 4.69) is 47.2 Å². The Bertz CT molecular complexity index is 542. The van der Waals surface area contributed by atoms with Crippen LogP contribution in [0.1, 0.15) is 27.6 Å². The predicted octanol–water partition coefficient (Wildman–Crippen LogP) is 5.09. The molecule has 1 aromatic carbocycles. The second-order valence-electron chi connectivity index (χ2n) is 4.32. The van der Waals surface area contributed by atoms with Crippen LogP contribution in [0.4, 0.5) is 0 Å². The van der Waals surface area contributed by atoms with E-state index in [0.29, 0.717) is 0 Å². The van der Waals surface area contributed by atoms with Crippen LogP contribution in [0.25, 0.3) is 0 Å². The minimum Gasteiger partial charge on any atom is -0.309 e. The lowest BCUT2D eigenvalue weighted by molar-refractivity contribution is 0.702. The molecule has 0 bridgehead atoms. The molecular formula is C14H15BrClNS. The summed E-state index contributed by atoms with van der Waals surface area (Å²) in [6.45, 7) is 4.23. The van der Waals surface area contributed by atoms with Crippen molar-refractivity contribution in [1.82, 2.24) is 5.32 Å². The van der Waals surface area contributed by atoms with E-state index in [9.17, 15) is 0 Å². The second kappa shape index (κ2) is 5.74. The maximum atomic E-state index is 6.24. The molecule has 0 saturated heterocycles. The van der Waals surface area contributed by atoms with E-state index < -0.39 is 0 Å². The normalized spacial score (nSPS) is 12.7. The fourth-order valence-electron chi connectivity index (χ4n) is 2.11. The van der Waals surface area contributed by atoms with Crippen LogP contribution in [-0.2, 0) is 0 Å². The van der Waals surface area contributed by atoms with Gasteiger partial charge in [0.25, 0.3) is 0 Å². The molecule has 0 aliphatic carbocycles. The number of halogens is 2. The van der Waals surface area contributed by atoms with Gasteiger partial charge in [0.1, 0.15) is 0 Å². The zero-order valence-electron chi connectivity index (χ0n) is 10.6. The summed E-state index contributed by atoms with van der Waals surface area (Å²) in [5.74, 6) is 0. The van der Waals surface area contributed by atoms with Crippen molar-refractivity contribution in [3.8, 4) is 0 Å². The molecule has 96 valence electrons. The molecule has 2 aromatic rings. The molecule has 0 amide bonds. The van der Waals surface area contributed by atoms with E-state index >= 15 is 0 Å². The van der Waals surface area contributed by atoms with Gasteiger partial charge in [-0.05, 0) is 49.0 Å². The van der Waals surface area contributed by atoms with E-state index in [0.717, 1.165) is 5.02 Å². The first-order chi connectivity index (χ1) is 8.54. The molecule has 0 aliphatic rings. The number of hydrogen-bond acceptors (Lipinski definition) is 2. The Kier molecular flexibility index (Phi) is 4.49. The van der Waals surface area contributed by atoms with Crippen molar-refractivity contribution >= 4 is 38.9 Å². The zero-order chi connectivity index (χ0) is 13.3. The van der Waals surface area contributed by atoms with Gasteiger partial charge < -0.3 is 5.32 Å². The van der Waals surface area contributed by atoms with Crippen LogP contribution in [0.2, 0.25) is 5.02 Å². The van der Waals surface area contributed by atoms with Gasteiger partial charge in [-0.2, -0.15) is 0 Å². The summed E-state index contributed by atoms with van der Waals surface area (Å²) in [6, 6.07) is 6.51. The maximum absolute atomic E-state index is 6.24. The number of rotatable bonds is 3. The summed E-state index contributed by atoms with van der Waals surface area (Å²) in [7, 11) is 1.97. The van der Waals surface area contributed by atoms with Gasteiger partial charge in [-0.3, -0.25) is 0 Å². The average Bonchev–Trinajstić information content (AvgIpc) is 2.74. The van der Waals surface area contributed by atoms with Gasteiger partial charge in [0, 0.05) is 9.35 Å². The largest absolute Gasteiger partial charge is 0.309 e. The Hall–Kier alpha value is -0.350. The van der Waals surface area contributed by atoms with Crippen molar-refractivity contribution in [1.29, 1.82) is 0 Å². The van der Waals surface area contributed by atoms with E-state index in [-0.39, 0.29) is 6.04 Å². The van der Waals surface area contributed by atoms with Crippen LogP contribution >= 0.6 is 38.9 Å². The van der Waals surface area contributed by atoms with Crippen molar-refractivity contribution in [2.24, 2.45) is 0 Å². The quantitative estimate of drug-likeness (QED) is 0.818. The molecule has 1 N–H and O–H groups in total. The van der Waals surface area contributed by atoms with Crippen LogP contribution in [0.15, 0.2) is 28.1 Å². The molecule has 1 nitrogen and oxygen atoms in total. The molecule has 2 rings (SSSR count). The highest BCUT2D eigenvalue weighted by Crippen LogP contribution is 2.34. The molecule has 0 spiro atoms. The molecule has 1 heterocycles. The summed E-state index contributed by atoms with van der Waals surface area (Å²) in [5.41, 5.74) is 3.75. The number of thiophene rings is 1. The molecule has 0 saturated carbocycles. The van der Waals surface area contributed by atoms with Crippen LogP contribution in [0, 0.1) is 13.8 Å². The van der Waals surface area contributed by atoms with Crippen molar-refractivity contribution < 1.29 is 0 Å². The summed E-state index contributed by atoms with van der Waals surface area (Å²) in [6.07, 6.45) is 0. The van der Waals surface area contributed by atoms with E-state index in [1.54, 1.807) is 11.3 Å². The van der Waals surface area contributed by atoms with Crippen LogP contribution in [0.3, 0.4) is 0 Å². The van der Waals surface area contributed by atoms with Crippen molar-refractivity contribution in [2.75, 3.05) is 7.05 Å². The topological polar surface area (TPSA) is 12.0 Å². The fourth-order valence-corrected chi connectivity index (χ4v) is 3.64. The number of aryl methyl sites for hydroxylation is 2. The van der Waals surface area contributed by atoms with Crippen LogP contribution in [0.5, 0.6) is 0 Å². The Morgan fingerprint density at radius 1 is 1.28 bits per heavy atom. The Morgan fingerprint density at radius 3 is 2.33 bits per heavy atom. The highest BCUT2D eigenvalue weighted by atomic mass is 79.9. The lowest BCUT2D eigenvalue weighted by Gasteiger charge is -2.18. The monoisotopic (exact) mass is 343 g/mol. The van der Waals surface area contributed by atoms with Gasteiger partial charge in [0.2, 0.25) is 0 Å². The minimum atomic E-state index is 0.156. The predicted molar refractivity (Wildman–Crippen MR) is 83.8 cm³/mol. The molecule has 0 aliphatic heterocycles. The van der Waals surface area contributed by atoms with Crippen LogP contribution in [-0.4, -0.2) is 7.05 Å². The Balaban J connectivity index is 2.49. The van der Waals surface area contributed by atoms with E-state index in [1.807, 2.05) is 18.5 Å². The first-order valence-corrected chi connectivity index (χ1v) is 7.76. The minimum absolute atomic E-state index is 0.156. The number of nitrogens with one attached hydrogen (secondary N) is 1. The lowest BCUT2D eigenvalue weighted by atomic mass is 10.0. The molecule has 1 aromatic heterocycles. The first kappa shape index (κ1) is 14.1. The molecular weight excluding hydrogens is 330 g/mol. The smallest absolute Gasteiger partial charge is 0.0683 e. The Morgan fingerprint density at radius 2 is 1.89 bits per heavy atom. The third-order valence-corrected chi connectivity index (χ3v) is 5.66. The standard InChI is InChI=1S/C14H15BrClNS/c1-8-6-10(7-9(2)12(8)15)13(17-3)14-11(16)4-5-18-14/h4-7,13,17H,1-3H3. The van der Waals surface area contributed by atoms with E-state index in [1.165, 1.54) is 26.0 Å². The van der Waals surface area contributed by atoms with Gasteiger partial charge >= 0.3 is 0 Å². The molecule has 0 radical (unpaired) electrons. The molecule has 1 unspecified atom stereocenters. The summed E-state index contributed by atoms with van der Waals surface area (Å²) in [4.78, 5) is 1.17. The summed E-state index contributed by atoms with van der Waals surface area (Å²) in [5, 5.41) is 6.21. The summed E-state index contributed by atoms with van der Waals surface area (Å²) < 4.78 is 1.18. The second-order valence-corrected chi connectivity index (χ2v) is 6.47. The van der Waals surface area contributed by atoms with Crippen molar-refractivity contribution in [3.63, 3.8) is 0 Å².